The molecule has 0 aromatic heterocycles. The molecule has 0 radical (unpaired) electrons. The highest BCUT2D eigenvalue weighted by molar-refractivity contribution is 7.92. The molecule has 0 atom stereocenters. The lowest BCUT2D eigenvalue weighted by Gasteiger charge is -2.28. The molecule has 0 bridgehead atoms. The Morgan fingerprint density at radius 1 is 1.00 bits per heavy atom. The first-order chi connectivity index (χ1) is 14.0. The van der Waals surface area contributed by atoms with E-state index in [4.69, 9.17) is 0 Å². The van der Waals surface area contributed by atoms with Gasteiger partial charge in [0.25, 0.3) is 5.91 Å². The fourth-order valence-corrected chi connectivity index (χ4v) is 5.48. The summed E-state index contributed by atoms with van der Waals surface area (Å²) >= 11 is 0. The summed E-state index contributed by atoms with van der Waals surface area (Å²) in [5.41, 5.74) is 2.13. The first kappa shape index (κ1) is 19.5. The molecule has 0 spiro atoms. The summed E-state index contributed by atoms with van der Waals surface area (Å²) in [5, 5.41) is 2.27. The number of carbonyl (C=O) groups is 1. The molecule has 1 heterocycles. The summed E-state index contributed by atoms with van der Waals surface area (Å²) in [7, 11) is -1.53. The van der Waals surface area contributed by atoms with Crippen LogP contribution in [-0.2, 0) is 16.6 Å². The Morgan fingerprint density at radius 3 is 2.59 bits per heavy atom. The molecular formula is C23H24N2O3S. The van der Waals surface area contributed by atoms with E-state index in [1.165, 1.54) is 4.31 Å². The van der Waals surface area contributed by atoms with Crippen molar-refractivity contribution in [3.05, 3.63) is 77.9 Å². The standard InChI is InChI=1S/C23H24N2O3S/c1-24(17-20-11-6-9-18-8-2-3-13-22(18)20)23(26)19-10-7-12-21(16-19)25-14-4-5-15-29(25,27)28/h2-3,6-13,16H,4-5,14-15,17H2,1H3. The minimum atomic E-state index is -3.30. The van der Waals surface area contributed by atoms with E-state index in [-0.39, 0.29) is 11.7 Å². The van der Waals surface area contributed by atoms with Crippen LogP contribution in [0.4, 0.5) is 5.69 Å². The lowest BCUT2D eigenvalue weighted by atomic mass is 10.0. The Hall–Kier alpha value is -2.86. The zero-order chi connectivity index (χ0) is 20.4. The van der Waals surface area contributed by atoms with E-state index in [1.807, 2.05) is 24.3 Å². The van der Waals surface area contributed by atoms with Crippen molar-refractivity contribution in [1.82, 2.24) is 4.90 Å². The Bertz CT molecular complexity index is 1150. The highest BCUT2D eigenvalue weighted by Crippen LogP contribution is 2.25. The van der Waals surface area contributed by atoms with E-state index in [0.29, 0.717) is 30.8 Å². The lowest BCUT2D eigenvalue weighted by Crippen LogP contribution is -2.38. The second-order valence-corrected chi connectivity index (χ2v) is 9.46. The van der Waals surface area contributed by atoms with Gasteiger partial charge in [0.05, 0.1) is 11.4 Å². The maximum Gasteiger partial charge on any atom is 0.253 e. The van der Waals surface area contributed by atoms with Gasteiger partial charge in [0.1, 0.15) is 0 Å². The van der Waals surface area contributed by atoms with Crippen molar-refractivity contribution >= 4 is 32.4 Å². The van der Waals surface area contributed by atoms with Gasteiger partial charge in [-0.25, -0.2) is 8.42 Å². The molecule has 0 aliphatic carbocycles. The van der Waals surface area contributed by atoms with Gasteiger partial charge in [0.15, 0.2) is 0 Å². The van der Waals surface area contributed by atoms with Gasteiger partial charge in [-0.15, -0.1) is 0 Å². The second kappa shape index (κ2) is 7.87. The third-order valence-electron chi connectivity index (χ3n) is 5.36. The fourth-order valence-electron chi connectivity index (χ4n) is 3.85. The molecule has 1 amide bonds. The third kappa shape index (κ3) is 3.98. The van der Waals surface area contributed by atoms with Crippen LogP contribution in [0, 0.1) is 0 Å². The van der Waals surface area contributed by atoms with Crippen molar-refractivity contribution in [2.45, 2.75) is 19.4 Å². The lowest BCUT2D eigenvalue weighted by molar-refractivity contribution is 0.0785. The van der Waals surface area contributed by atoms with E-state index < -0.39 is 10.0 Å². The van der Waals surface area contributed by atoms with Gasteiger partial charge in [-0.3, -0.25) is 9.10 Å². The van der Waals surface area contributed by atoms with Crippen LogP contribution in [0.3, 0.4) is 0 Å². The zero-order valence-electron chi connectivity index (χ0n) is 16.4. The van der Waals surface area contributed by atoms with Crippen LogP contribution in [-0.4, -0.2) is 38.6 Å². The average molecular weight is 409 g/mol. The minimum Gasteiger partial charge on any atom is -0.337 e. The molecule has 3 aromatic carbocycles. The van der Waals surface area contributed by atoms with Crippen LogP contribution >= 0.6 is 0 Å². The predicted molar refractivity (Wildman–Crippen MR) is 117 cm³/mol. The maximum absolute atomic E-state index is 13.0. The largest absolute Gasteiger partial charge is 0.337 e. The van der Waals surface area contributed by atoms with Crippen LogP contribution in [0.5, 0.6) is 0 Å². The third-order valence-corrected chi connectivity index (χ3v) is 7.23. The number of hydrogen-bond donors (Lipinski definition) is 0. The van der Waals surface area contributed by atoms with Crippen LogP contribution in [0.15, 0.2) is 66.7 Å². The van der Waals surface area contributed by atoms with Gasteiger partial charge < -0.3 is 4.90 Å². The first-order valence-electron chi connectivity index (χ1n) is 9.78. The molecule has 6 heteroatoms. The average Bonchev–Trinajstić information content (AvgIpc) is 2.73. The first-order valence-corrected chi connectivity index (χ1v) is 11.4. The Balaban J connectivity index is 1.58. The number of anilines is 1. The quantitative estimate of drug-likeness (QED) is 0.655. The molecule has 0 saturated carbocycles. The van der Waals surface area contributed by atoms with E-state index in [1.54, 1.807) is 36.2 Å². The van der Waals surface area contributed by atoms with Gasteiger partial charge in [0, 0.05) is 25.7 Å². The number of fused-ring (bicyclic) bond motifs is 1. The Kier molecular flexibility index (Phi) is 5.28. The highest BCUT2D eigenvalue weighted by atomic mass is 32.2. The number of rotatable bonds is 4. The van der Waals surface area contributed by atoms with E-state index >= 15 is 0 Å². The summed E-state index contributed by atoms with van der Waals surface area (Å²) in [6.45, 7) is 0.943. The zero-order valence-corrected chi connectivity index (χ0v) is 17.2. The summed E-state index contributed by atoms with van der Waals surface area (Å²) in [6, 6.07) is 21.1. The van der Waals surface area contributed by atoms with Crippen LogP contribution in [0.1, 0.15) is 28.8 Å². The van der Waals surface area contributed by atoms with Crippen LogP contribution in [0.2, 0.25) is 0 Å². The van der Waals surface area contributed by atoms with Crippen molar-refractivity contribution in [3.8, 4) is 0 Å². The molecule has 4 rings (SSSR count). The maximum atomic E-state index is 13.0. The van der Waals surface area contributed by atoms with Gasteiger partial charge in [-0.05, 0) is 47.4 Å². The van der Waals surface area contributed by atoms with Crippen LogP contribution in [0.25, 0.3) is 10.8 Å². The Morgan fingerprint density at radius 2 is 1.76 bits per heavy atom. The molecule has 1 aliphatic heterocycles. The van der Waals surface area contributed by atoms with Crippen molar-refractivity contribution in [2.75, 3.05) is 23.7 Å². The number of carbonyl (C=O) groups excluding carboxylic acids is 1. The molecule has 0 unspecified atom stereocenters. The number of nitrogens with zero attached hydrogens (tertiary/aromatic N) is 2. The second-order valence-electron chi connectivity index (χ2n) is 7.45. The van der Waals surface area contributed by atoms with Crippen LogP contribution < -0.4 is 4.31 Å². The summed E-state index contributed by atoms with van der Waals surface area (Å²) in [5.74, 6) is 0.0285. The molecule has 0 N–H and O–H groups in total. The minimum absolute atomic E-state index is 0.130. The fraction of sp³-hybridized carbons (Fsp3) is 0.261. The monoisotopic (exact) mass is 408 g/mol. The van der Waals surface area contributed by atoms with Crippen molar-refractivity contribution in [2.24, 2.45) is 0 Å². The molecule has 3 aromatic rings. The molecule has 1 aliphatic rings. The van der Waals surface area contributed by atoms with Crippen molar-refractivity contribution in [1.29, 1.82) is 0 Å². The van der Waals surface area contributed by atoms with E-state index in [9.17, 15) is 13.2 Å². The van der Waals surface area contributed by atoms with Gasteiger partial charge in [-0.2, -0.15) is 0 Å². The SMILES string of the molecule is CN(Cc1cccc2ccccc12)C(=O)c1cccc(N2CCCCS2(=O)=O)c1. The van der Waals surface area contributed by atoms with Crippen molar-refractivity contribution in [3.63, 3.8) is 0 Å². The molecule has 29 heavy (non-hydrogen) atoms. The molecule has 150 valence electrons. The highest BCUT2D eigenvalue weighted by Gasteiger charge is 2.26. The molecular weight excluding hydrogens is 384 g/mol. The predicted octanol–water partition coefficient (Wildman–Crippen LogP) is 4.04. The van der Waals surface area contributed by atoms with E-state index in [2.05, 4.69) is 18.2 Å². The number of amides is 1. The summed E-state index contributed by atoms with van der Waals surface area (Å²) in [4.78, 5) is 14.7. The number of benzene rings is 3. The van der Waals surface area contributed by atoms with Crippen molar-refractivity contribution < 1.29 is 13.2 Å². The van der Waals surface area contributed by atoms with Gasteiger partial charge in [0.2, 0.25) is 10.0 Å². The van der Waals surface area contributed by atoms with Gasteiger partial charge >= 0.3 is 0 Å². The smallest absolute Gasteiger partial charge is 0.253 e. The summed E-state index contributed by atoms with van der Waals surface area (Å²) in [6.07, 6.45) is 1.52. The summed E-state index contributed by atoms with van der Waals surface area (Å²) < 4.78 is 26.2. The number of hydrogen-bond acceptors (Lipinski definition) is 3. The molecule has 1 fully saturated rings. The normalized spacial score (nSPS) is 16.0. The molecule has 1 saturated heterocycles. The molecule has 5 nitrogen and oxygen atoms in total. The topological polar surface area (TPSA) is 57.7 Å². The van der Waals surface area contributed by atoms with E-state index in [0.717, 1.165) is 22.8 Å². The Labute approximate surface area is 171 Å². The number of sulfonamides is 1. The van der Waals surface area contributed by atoms with Gasteiger partial charge in [-0.1, -0.05) is 48.5 Å².